The maximum absolute atomic E-state index is 13.6. The van der Waals surface area contributed by atoms with Crippen LogP contribution in [0.1, 0.15) is 104 Å². The fourth-order valence-corrected chi connectivity index (χ4v) is 17.3. The van der Waals surface area contributed by atoms with E-state index in [1.54, 1.807) is 13.3 Å². The van der Waals surface area contributed by atoms with Gasteiger partial charge in [-0.25, -0.2) is 9.47 Å². The second-order valence-corrected chi connectivity index (χ2v) is 30.1. The number of hydrogen-bond donors (Lipinski definition) is 4. The molecule has 38 heteroatoms. The van der Waals surface area contributed by atoms with Crippen molar-refractivity contribution in [3.8, 4) is 0 Å². The number of carboxylic acid groups (broad SMARTS) is 2. The van der Waals surface area contributed by atoms with E-state index >= 15 is 0 Å². The molecule has 74 heavy (non-hydrogen) atoms. The second-order valence-electron chi connectivity index (χ2n) is 15.7. The van der Waals surface area contributed by atoms with Gasteiger partial charge in [-0.1, -0.05) is 30.4 Å². The number of ether oxygens (including phenoxy) is 4. The molecule has 0 aromatic carbocycles. The molecule has 0 aromatic heterocycles. The monoisotopic (exact) mass is 1390 g/mol. The number of halogens is 19. The van der Waals surface area contributed by atoms with Crippen molar-refractivity contribution in [3.05, 3.63) is 0 Å². The fourth-order valence-electron chi connectivity index (χ4n) is 5.03. The Kier molecular flexibility index (Phi) is 33.0. The Morgan fingerprint density at radius 1 is 0.554 bits per heavy atom. The van der Waals surface area contributed by atoms with Crippen molar-refractivity contribution in [2.45, 2.75) is 180 Å². The quantitative estimate of drug-likeness (QED) is 0.00875. The molecule has 0 aliphatic heterocycles. The van der Waals surface area contributed by atoms with Crippen LogP contribution in [0.5, 0.6) is 0 Å². The number of alkyl halides is 17. The van der Waals surface area contributed by atoms with Gasteiger partial charge in [0.15, 0.2) is 0 Å². The van der Waals surface area contributed by atoms with Gasteiger partial charge in [-0.3, -0.25) is 19.2 Å². The molecule has 0 rings (SSSR count). The van der Waals surface area contributed by atoms with Crippen LogP contribution < -0.4 is 11.5 Å². The summed E-state index contributed by atoms with van der Waals surface area (Å²) in [6.45, 7) is 4.89. The first kappa shape index (κ1) is 76.1. The molecule has 0 saturated carbocycles. The van der Waals surface area contributed by atoms with Crippen LogP contribution in [0.3, 0.4) is 0 Å². The SMILES string of the molecule is CCC[CH2][SnH]([CH2]CCC)[CH2]CCC.N[C@@H](CCC(=O)O)C(=O)OCC(I)CC(F)(F)C(F)(F)OC(F)(F)C(F)(F)S(=O)(=O)F.N[C@@H](CCC(=O)O)C(=O)OCCCC(F)(F)C(F)(F)OC(F)(F)C(F)(F)S(=O)(=O)F. The van der Waals surface area contributed by atoms with Gasteiger partial charge in [0.25, 0.3) is 0 Å². The summed E-state index contributed by atoms with van der Waals surface area (Å²) in [7, 11) is -15.1. The average molecular weight is 1390 g/mol. The van der Waals surface area contributed by atoms with E-state index in [0.717, 1.165) is 22.6 Å². The maximum Gasteiger partial charge on any atom is 0.464 e. The largest absolute Gasteiger partial charge is 0.481 e. The molecule has 1 unspecified atom stereocenters. The van der Waals surface area contributed by atoms with Gasteiger partial charge in [-0.15, -0.1) is 0 Å². The maximum atomic E-state index is 13.6. The van der Waals surface area contributed by atoms with Gasteiger partial charge >= 0.3 is 183 Å². The Morgan fingerprint density at radius 3 is 1.19 bits per heavy atom. The summed E-state index contributed by atoms with van der Waals surface area (Å²) in [6.07, 6.45) is -25.1. The zero-order valence-corrected chi connectivity index (χ0v) is 46.1. The Bertz CT molecular complexity index is 1950. The van der Waals surface area contributed by atoms with E-state index < -0.39 is 185 Å². The van der Waals surface area contributed by atoms with E-state index in [2.05, 4.69) is 30.2 Å². The van der Waals surface area contributed by atoms with Gasteiger partial charge in [0, 0.05) is 25.7 Å². The van der Waals surface area contributed by atoms with E-state index in [-0.39, 0.29) is 0 Å². The van der Waals surface area contributed by atoms with Crippen LogP contribution in [0.25, 0.3) is 0 Å². The smallest absolute Gasteiger partial charge is 0.464 e. The van der Waals surface area contributed by atoms with E-state index in [1.807, 2.05) is 9.47 Å². The molecular weight excluding hydrogens is 1340 g/mol. The summed E-state index contributed by atoms with van der Waals surface area (Å²) in [5, 5.41) is 2.97. The van der Waals surface area contributed by atoms with Gasteiger partial charge in [-0.2, -0.15) is 87.1 Å². The molecule has 0 fully saturated rings. The summed E-state index contributed by atoms with van der Waals surface area (Å²) in [5.41, 5.74) is 10.4. The fraction of sp³-hybridized carbons (Fsp3) is 0.889. The first-order chi connectivity index (χ1) is 33.1. The average Bonchev–Trinajstić information content (AvgIpc) is 3.23. The van der Waals surface area contributed by atoms with Gasteiger partial charge in [0.1, 0.15) is 18.7 Å². The van der Waals surface area contributed by atoms with Crippen molar-refractivity contribution in [1.82, 2.24) is 0 Å². The van der Waals surface area contributed by atoms with E-state index in [0.29, 0.717) is 0 Å². The van der Waals surface area contributed by atoms with Crippen molar-refractivity contribution >= 4 is 86.7 Å². The van der Waals surface area contributed by atoms with E-state index in [4.69, 9.17) is 21.7 Å². The molecule has 0 amide bonds. The molecule has 6 N–H and O–H groups in total. The van der Waals surface area contributed by atoms with Crippen molar-refractivity contribution in [2.24, 2.45) is 11.5 Å². The molecular formula is C36H55F18IN2O14S2Sn. The minimum Gasteiger partial charge on any atom is -0.481 e. The number of hydrogen-bond acceptors (Lipinski definition) is 14. The zero-order valence-electron chi connectivity index (χ0n) is 39.0. The van der Waals surface area contributed by atoms with Crippen LogP contribution in [0.4, 0.5) is 78.0 Å². The molecule has 0 radical (unpaired) electrons. The number of carbonyl (C=O) groups is 4. The zero-order chi connectivity index (χ0) is 59.2. The van der Waals surface area contributed by atoms with Crippen LogP contribution in [-0.2, 0) is 58.6 Å². The van der Waals surface area contributed by atoms with Crippen LogP contribution in [0.15, 0.2) is 0 Å². The summed E-state index contributed by atoms with van der Waals surface area (Å²) in [5.74, 6) is -16.6. The van der Waals surface area contributed by atoms with Gasteiger partial charge in [0.05, 0.1) is 10.5 Å². The summed E-state index contributed by atoms with van der Waals surface area (Å²) in [4.78, 5) is 43.3. The topological polar surface area (TPSA) is 266 Å². The number of unbranched alkanes of at least 4 members (excludes halogenated alkanes) is 3. The number of carbonyl (C=O) groups excluding carboxylic acids is 2. The molecule has 0 heterocycles. The van der Waals surface area contributed by atoms with E-state index in [1.165, 1.54) is 38.5 Å². The summed E-state index contributed by atoms with van der Waals surface area (Å²) >= 11 is 0.0225. The predicted molar refractivity (Wildman–Crippen MR) is 231 cm³/mol. The third-order valence-corrected chi connectivity index (χ3v) is 22.2. The molecule has 0 aliphatic carbocycles. The predicted octanol–water partition coefficient (Wildman–Crippen LogP) is 9.49. The number of carboxylic acids is 2. The van der Waals surface area contributed by atoms with Crippen molar-refractivity contribution < 1.29 is 143 Å². The molecule has 0 aliphatic rings. The number of esters is 2. The molecule has 3 atom stereocenters. The molecule has 0 aromatic rings. The molecule has 0 saturated heterocycles. The Balaban J connectivity index is -0.00000110. The van der Waals surface area contributed by atoms with Crippen LogP contribution >= 0.6 is 22.6 Å². The van der Waals surface area contributed by atoms with Crippen molar-refractivity contribution in [1.29, 1.82) is 0 Å². The number of rotatable bonds is 35. The molecule has 0 spiro atoms. The van der Waals surface area contributed by atoms with Gasteiger partial charge < -0.3 is 31.2 Å². The van der Waals surface area contributed by atoms with Crippen LogP contribution in [-0.4, -0.2) is 147 Å². The van der Waals surface area contributed by atoms with E-state index in [9.17, 15) is 114 Å². The normalized spacial score (nSPS) is 14.7. The Labute approximate surface area is 432 Å². The second kappa shape index (κ2) is 32.1. The first-order valence-corrected chi connectivity index (χ1v) is 32.3. The van der Waals surface area contributed by atoms with Crippen molar-refractivity contribution in [3.63, 3.8) is 0 Å². The molecule has 16 nitrogen and oxygen atoms in total. The first-order valence-electron chi connectivity index (χ1n) is 21.3. The standard InChI is InChI=1S/C12H13F9INO7S.C12H14F9NO7S.3C4H9.Sn.H/c13-9(14,3-5(22)4-29-8(26)6(23)1-2-7(24)25)10(15,16)30-11(17,18)12(19,20)31(21,27)28;13-9(14,4-1-5-28-8(25)6(22)2-3-7(23)24)10(15,16)29-11(17,18)12(19,20)30(21,26)27;3*1-3-4-2;;/h5-6H,1-4,23H2,(H,24,25);6H,1-5,22H2,(H,23,24);3*1,3-4H2,2H3;;/t5?,6-;6-;;;;;/m00...../s1. The number of nitrogens with two attached hydrogens (primary N) is 2. The van der Waals surface area contributed by atoms with Gasteiger partial charge in [-0.05, 0) is 19.3 Å². The minimum absolute atomic E-state index is 0.420. The Morgan fingerprint density at radius 2 is 0.878 bits per heavy atom. The van der Waals surface area contributed by atoms with Gasteiger partial charge in [0.2, 0.25) is 0 Å². The minimum atomic E-state index is -7.53. The summed E-state index contributed by atoms with van der Waals surface area (Å²) in [6, 6.07) is -3.02. The van der Waals surface area contributed by atoms with Crippen LogP contribution in [0.2, 0.25) is 13.3 Å². The van der Waals surface area contributed by atoms with Crippen LogP contribution in [0, 0.1) is 0 Å². The number of aliphatic carboxylic acids is 2. The third-order valence-electron chi connectivity index (χ3n) is 9.26. The Hall–Kier alpha value is -2.11. The molecule has 0 bridgehead atoms. The van der Waals surface area contributed by atoms with Crippen molar-refractivity contribution in [2.75, 3.05) is 13.2 Å². The third kappa shape index (κ3) is 26.5. The summed E-state index contributed by atoms with van der Waals surface area (Å²) < 4.78 is 290. The molecule has 442 valence electrons.